The van der Waals surface area contributed by atoms with E-state index in [4.69, 9.17) is 0 Å². The van der Waals surface area contributed by atoms with E-state index in [-0.39, 0.29) is 0 Å². The molecule has 0 radical (unpaired) electrons. The minimum atomic E-state index is 0.630. The van der Waals surface area contributed by atoms with E-state index in [1.165, 1.54) is 42.9 Å². The predicted octanol–water partition coefficient (Wildman–Crippen LogP) is 0.865. The average molecular weight is 220 g/mol. The van der Waals surface area contributed by atoms with Crippen LogP contribution in [0.15, 0.2) is 0 Å². The van der Waals surface area contributed by atoms with Gasteiger partial charge >= 0.3 is 0 Å². The number of nitrogens with zero attached hydrogens (tertiary/aromatic N) is 2. The molecular weight excluding hydrogens is 200 g/mol. The number of fused-ring (bicyclic) bond motifs is 1. The van der Waals surface area contributed by atoms with E-state index in [1.54, 1.807) is 0 Å². The maximum atomic E-state index is 4.43. The van der Waals surface area contributed by atoms with Gasteiger partial charge in [-0.25, -0.2) is 0 Å². The van der Waals surface area contributed by atoms with Gasteiger partial charge in [0.2, 0.25) is 0 Å². The van der Waals surface area contributed by atoms with Gasteiger partial charge in [-0.1, -0.05) is 6.92 Å². The van der Waals surface area contributed by atoms with Crippen molar-refractivity contribution in [2.75, 3.05) is 26.2 Å². The topological polar surface area (TPSA) is 44.0 Å². The molecule has 0 amide bonds. The summed E-state index contributed by atoms with van der Waals surface area (Å²) in [7, 11) is 0. The van der Waals surface area contributed by atoms with Gasteiger partial charge in [0.1, 0.15) is 0 Å². The minimum Gasteiger partial charge on any atom is -0.314 e. The van der Waals surface area contributed by atoms with Crippen LogP contribution in [0, 0.1) is 0 Å². The summed E-state index contributed by atoms with van der Waals surface area (Å²) in [5, 5.41) is 11.1. The zero-order valence-electron chi connectivity index (χ0n) is 9.92. The van der Waals surface area contributed by atoms with Crippen LogP contribution in [0.4, 0.5) is 0 Å². The molecule has 2 N–H and O–H groups in total. The summed E-state index contributed by atoms with van der Waals surface area (Å²) in [5.41, 5.74) is 4.20. The molecule has 0 aromatic carbocycles. The smallest absolute Gasteiger partial charge is 0.0670 e. The number of rotatable bonds is 2. The fraction of sp³-hybridized carbons (Fsp3) is 0.750. The number of piperazine rings is 1. The molecule has 1 aliphatic carbocycles. The van der Waals surface area contributed by atoms with E-state index in [9.17, 15) is 0 Å². The van der Waals surface area contributed by atoms with Crippen LogP contribution in [0.25, 0.3) is 0 Å². The van der Waals surface area contributed by atoms with Crippen molar-refractivity contribution in [1.29, 1.82) is 0 Å². The fourth-order valence-corrected chi connectivity index (χ4v) is 3.07. The largest absolute Gasteiger partial charge is 0.314 e. The van der Waals surface area contributed by atoms with Crippen molar-refractivity contribution in [2.24, 2.45) is 0 Å². The molecule has 0 bridgehead atoms. The van der Waals surface area contributed by atoms with Gasteiger partial charge in [-0.2, -0.15) is 5.10 Å². The van der Waals surface area contributed by atoms with Crippen LogP contribution in [-0.4, -0.2) is 41.3 Å². The average Bonchev–Trinajstić information content (AvgIpc) is 2.90. The number of aryl methyl sites for hydroxylation is 2. The lowest BCUT2D eigenvalue weighted by Crippen LogP contribution is -2.44. The molecule has 4 heteroatoms. The zero-order chi connectivity index (χ0) is 11.0. The van der Waals surface area contributed by atoms with Gasteiger partial charge in [0.05, 0.1) is 5.69 Å². The highest BCUT2D eigenvalue weighted by atomic mass is 15.2. The summed E-state index contributed by atoms with van der Waals surface area (Å²) in [6, 6.07) is 0.630. The van der Waals surface area contributed by atoms with E-state index in [2.05, 4.69) is 27.3 Å². The quantitative estimate of drug-likeness (QED) is 0.777. The summed E-state index contributed by atoms with van der Waals surface area (Å²) in [4.78, 5) is 2.62. The number of aromatic amines is 1. The Kier molecular flexibility index (Phi) is 2.69. The molecule has 1 aromatic rings. The van der Waals surface area contributed by atoms with Crippen molar-refractivity contribution in [3.05, 3.63) is 17.0 Å². The summed E-state index contributed by atoms with van der Waals surface area (Å²) >= 11 is 0. The van der Waals surface area contributed by atoms with Gasteiger partial charge in [-0.3, -0.25) is 10.00 Å². The molecule has 2 heterocycles. The van der Waals surface area contributed by atoms with Crippen molar-refractivity contribution in [2.45, 2.75) is 32.2 Å². The molecule has 1 fully saturated rings. The second-order valence-corrected chi connectivity index (χ2v) is 4.76. The predicted molar refractivity (Wildman–Crippen MR) is 63.5 cm³/mol. The third-order valence-electron chi connectivity index (χ3n) is 3.89. The molecular formula is C12H20N4. The molecule has 88 valence electrons. The Hall–Kier alpha value is -0.870. The molecule has 16 heavy (non-hydrogen) atoms. The number of nitrogens with one attached hydrogen (secondary N) is 2. The molecule has 2 aliphatic rings. The standard InChI is InChI=1S/C12H20N4/c1-2-9-12-10(15-14-9)3-4-11(12)16-7-5-13-6-8-16/h11,13H,2-8H2,1H3,(H,14,15). The molecule has 3 rings (SSSR count). The van der Waals surface area contributed by atoms with Gasteiger partial charge in [-0.15, -0.1) is 0 Å². The second-order valence-electron chi connectivity index (χ2n) is 4.76. The molecule has 1 atom stereocenters. The molecule has 0 spiro atoms. The van der Waals surface area contributed by atoms with E-state index in [0.29, 0.717) is 6.04 Å². The lowest BCUT2D eigenvalue weighted by molar-refractivity contribution is 0.172. The Balaban J connectivity index is 1.86. The second kappa shape index (κ2) is 4.18. The van der Waals surface area contributed by atoms with Gasteiger partial charge in [-0.05, 0) is 19.3 Å². The zero-order valence-corrected chi connectivity index (χ0v) is 9.92. The van der Waals surface area contributed by atoms with Gasteiger partial charge < -0.3 is 5.32 Å². The number of hydrogen-bond donors (Lipinski definition) is 2. The van der Waals surface area contributed by atoms with Crippen LogP contribution in [0.3, 0.4) is 0 Å². The van der Waals surface area contributed by atoms with E-state index < -0.39 is 0 Å². The van der Waals surface area contributed by atoms with Crippen molar-refractivity contribution < 1.29 is 0 Å². The first-order chi connectivity index (χ1) is 7.90. The Morgan fingerprint density at radius 3 is 2.94 bits per heavy atom. The van der Waals surface area contributed by atoms with E-state index in [1.807, 2.05) is 0 Å². The molecule has 4 nitrogen and oxygen atoms in total. The summed E-state index contributed by atoms with van der Waals surface area (Å²) in [6.07, 6.45) is 3.50. The molecule has 1 aliphatic heterocycles. The van der Waals surface area contributed by atoms with Crippen LogP contribution in [0.2, 0.25) is 0 Å². The third-order valence-corrected chi connectivity index (χ3v) is 3.89. The van der Waals surface area contributed by atoms with E-state index in [0.717, 1.165) is 19.5 Å². The SMILES string of the molecule is CCc1n[nH]c2c1C(N1CCNCC1)CC2. The lowest BCUT2D eigenvalue weighted by atomic mass is 10.1. The monoisotopic (exact) mass is 220 g/mol. The van der Waals surface area contributed by atoms with Crippen molar-refractivity contribution >= 4 is 0 Å². The number of H-pyrrole nitrogens is 1. The Morgan fingerprint density at radius 2 is 2.19 bits per heavy atom. The van der Waals surface area contributed by atoms with Crippen molar-refractivity contribution in [1.82, 2.24) is 20.4 Å². The normalized spacial score (nSPS) is 25.9. The van der Waals surface area contributed by atoms with Crippen molar-refractivity contribution in [3.63, 3.8) is 0 Å². The molecule has 1 saturated heterocycles. The van der Waals surface area contributed by atoms with Gasteiger partial charge in [0, 0.05) is 43.5 Å². The summed E-state index contributed by atoms with van der Waals surface area (Å²) < 4.78 is 0. The highest BCUT2D eigenvalue weighted by Gasteiger charge is 2.32. The summed E-state index contributed by atoms with van der Waals surface area (Å²) in [5.74, 6) is 0. The Morgan fingerprint density at radius 1 is 1.38 bits per heavy atom. The van der Waals surface area contributed by atoms with Crippen LogP contribution < -0.4 is 5.32 Å². The van der Waals surface area contributed by atoms with Crippen molar-refractivity contribution in [3.8, 4) is 0 Å². The minimum absolute atomic E-state index is 0.630. The maximum absolute atomic E-state index is 4.43. The van der Waals surface area contributed by atoms with Crippen LogP contribution in [-0.2, 0) is 12.8 Å². The highest BCUT2D eigenvalue weighted by molar-refractivity contribution is 5.33. The lowest BCUT2D eigenvalue weighted by Gasteiger charge is -2.33. The Labute approximate surface area is 96.4 Å². The third kappa shape index (κ3) is 1.57. The van der Waals surface area contributed by atoms with Gasteiger partial charge in [0.15, 0.2) is 0 Å². The first-order valence-electron chi connectivity index (χ1n) is 6.41. The maximum Gasteiger partial charge on any atom is 0.0670 e. The summed E-state index contributed by atoms with van der Waals surface area (Å²) in [6.45, 7) is 6.82. The first-order valence-corrected chi connectivity index (χ1v) is 6.41. The highest BCUT2D eigenvalue weighted by Crippen LogP contribution is 2.36. The fourth-order valence-electron chi connectivity index (χ4n) is 3.07. The van der Waals surface area contributed by atoms with Crippen LogP contribution in [0.1, 0.15) is 36.3 Å². The molecule has 1 unspecified atom stereocenters. The van der Waals surface area contributed by atoms with Gasteiger partial charge in [0.25, 0.3) is 0 Å². The number of aromatic nitrogens is 2. The number of hydrogen-bond acceptors (Lipinski definition) is 3. The molecule has 0 saturated carbocycles. The van der Waals surface area contributed by atoms with E-state index >= 15 is 0 Å². The molecule has 1 aromatic heterocycles. The van der Waals surface area contributed by atoms with Crippen LogP contribution >= 0.6 is 0 Å². The van der Waals surface area contributed by atoms with Crippen LogP contribution in [0.5, 0.6) is 0 Å². The Bertz CT molecular complexity index is 365. The first kappa shape index (κ1) is 10.3.